The summed E-state index contributed by atoms with van der Waals surface area (Å²) in [5.41, 5.74) is 5.89. The van der Waals surface area contributed by atoms with E-state index in [4.69, 9.17) is 10.5 Å². The van der Waals surface area contributed by atoms with Crippen molar-refractivity contribution in [1.29, 1.82) is 0 Å². The zero-order chi connectivity index (χ0) is 14.7. The Morgan fingerprint density at radius 3 is 2.81 bits per heavy atom. The SMILES string of the molecule is Nc1cc(NCC2(O)CCOC2)nc(-c2ccccc2)n1. The molecule has 3 rings (SSSR count). The number of hydrogen-bond acceptors (Lipinski definition) is 6. The number of ether oxygens (including phenoxy) is 1. The van der Waals surface area contributed by atoms with Gasteiger partial charge in [-0.15, -0.1) is 0 Å². The molecule has 4 N–H and O–H groups in total. The quantitative estimate of drug-likeness (QED) is 0.784. The van der Waals surface area contributed by atoms with Crippen LogP contribution in [0.3, 0.4) is 0 Å². The fraction of sp³-hybridized carbons (Fsp3) is 0.333. The number of aromatic nitrogens is 2. The Balaban J connectivity index is 1.78. The fourth-order valence-corrected chi connectivity index (χ4v) is 2.26. The van der Waals surface area contributed by atoms with E-state index in [1.54, 1.807) is 6.07 Å². The lowest BCUT2D eigenvalue weighted by Gasteiger charge is -2.21. The molecule has 6 nitrogen and oxygen atoms in total. The van der Waals surface area contributed by atoms with Gasteiger partial charge in [-0.3, -0.25) is 0 Å². The topological polar surface area (TPSA) is 93.3 Å². The molecule has 2 aromatic rings. The second-order valence-corrected chi connectivity index (χ2v) is 5.25. The van der Waals surface area contributed by atoms with Crippen LogP contribution in [0.2, 0.25) is 0 Å². The minimum Gasteiger partial charge on any atom is -0.386 e. The predicted octanol–water partition coefficient (Wildman–Crippen LogP) is 1.29. The summed E-state index contributed by atoms with van der Waals surface area (Å²) >= 11 is 0. The smallest absolute Gasteiger partial charge is 0.163 e. The minimum absolute atomic E-state index is 0.339. The zero-order valence-corrected chi connectivity index (χ0v) is 11.6. The van der Waals surface area contributed by atoms with Crippen molar-refractivity contribution in [1.82, 2.24) is 9.97 Å². The predicted molar refractivity (Wildman–Crippen MR) is 80.8 cm³/mol. The maximum atomic E-state index is 10.2. The summed E-state index contributed by atoms with van der Waals surface area (Å²) < 4.78 is 5.22. The van der Waals surface area contributed by atoms with E-state index in [9.17, 15) is 5.11 Å². The summed E-state index contributed by atoms with van der Waals surface area (Å²) in [6, 6.07) is 11.3. The lowest BCUT2D eigenvalue weighted by Crippen LogP contribution is -2.37. The molecule has 1 aromatic carbocycles. The van der Waals surface area contributed by atoms with E-state index in [0.717, 1.165) is 5.56 Å². The Morgan fingerprint density at radius 2 is 2.10 bits per heavy atom. The number of aliphatic hydroxyl groups is 1. The van der Waals surface area contributed by atoms with Gasteiger partial charge < -0.3 is 20.9 Å². The molecule has 21 heavy (non-hydrogen) atoms. The Labute approximate surface area is 123 Å². The number of nitrogens with two attached hydrogens (primary N) is 1. The highest BCUT2D eigenvalue weighted by atomic mass is 16.5. The third-order valence-corrected chi connectivity index (χ3v) is 3.46. The lowest BCUT2D eigenvalue weighted by molar-refractivity contribution is 0.0381. The second kappa shape index (κ2) is 5.67. The number of nitrogen functional groups attached to an aromatic ring is 1. The molecule has 0 radical (unpaired) electrons. The average molecular weight is 286 g/mol. The van der Waals surface area contributed by atoms with Crippen LogP contribution in [0, 0.1) is 0 Å². The molecule has 1 aliphatic rings. The third-order valence-electron chi connectivity index (χ3n) is 3.46. The van der Waals surface area contributed by atoms with Crippen LogP contribution in [0.4, 0.5) is 11.6 Å². The van der Waals surface area contributed by atoms with Crippen molar-refractivity contribution in [3.63, 3.8) is 0 Å². The maximum absolute atomic E-state index is 10.2. The largest absolute Gasteiger partial charge is 0.386 e. The fourth-order valence-electron chi connectivity index (χ4n) is 2.26. The third kappa shape index (κ3) is 3.29. The molecule has 0 bridgehead atoms. The first-order valence-corrected chi connectivity index (χ1v) is 6.89. The molecule has 0 spiro atoms. The molecule has 1 atom stereocenters. The highest BCUT2D eigenvalue weighted by Gasteiger charge is 2.32. The van der Waals surface area contributed by atoms with E-state index in [1.165, 1.54) is 0 Å². The van der Waals surface area contributed by atoms with Gasteiger partial charge in [0.25, 0.3) is 0 Å². The van der Waals surface area contributed by atoms with E-state index in [1.807, 2.05) is 30.3 Å². The lowest BCUT2D eigenvalue weighted by atomic mass is 10.0. The van der Waals surface area contributed by atoms with Gasteiger partial charge in [-0.05, 0) is 0 Å². The summed E-state index contributed by atoms with van der Waals surface area (Å²) in [6.07, 6.45) is 0.617. The molecule has 110 valence electrons. The van der Waals surface area contributed by atoms with Gasteiger partial charge in [0, 0.05) is 31.2 Å². The van der Waals surface area contributed by atoms with Crippen LogP contribution in [0.15, 0.2) is 36.4 Å². The summed E-state index contributed by atoms with van der Waals surface area (Å²) in [6.45, 7) is 1.29. The van der Waals surface area contributed by atoms with Crippen LogP contribution in [0.1, 0.15) is 6.42 Å². The van der Waals surface area contributed by atoms with E-state index in [2.05, 4.69) is 15.3 Å². The van der Waals surface area contributed by atoms with Gasteiger partial charge in [-0.25, -0.2) is 9.97 Å². The standard InChI is InChI=1S/C15H18N4O2/c16-12-8-13(17-9-15(20)6-7-21-10-15)19-14(18-12)11-4-2-1-3-5-11/h1-5,8,20H,6-7,9-10H2,(H3,16,17,18,19). The number of hydrogen-bond donors (Lipinski definition) is 3. The first kappa shape index (κ1) is 13.8. The molecule has 1 unspecified atom stereocenters. The molecule has 0 aliphatic carbocycles. The molecule has 0 saturated carbocycles. The van der Waals surface area contributed by atoms with E-state index >= 15 is 0 Å². The van der Waals surface area contributed by atoms with Gasteiger partial charge in [-0.1, -0.05) is 30.3 Å². The summed E-state index contributed by atoms with van der Waals surface area (Å²) in [4.78, 5) is 8.68. The highest BCUT2D eigenvalue weighted by molar-refractivity contribution is 5.60. The number of benzene rings is 1. The van der Waals surface area contributed by atoms with Crippen molar-refractivity contribution in [2.24, 2.45) is 0 Å². The second-order valence-electron chi connectivity index (χ2n) is 5.25. The van der Waals surface area contributed by atoms with Crippen LogP contribution in [0.5, 0.6) is 0 Å². The van der Waals surface area contributed by atoms with E-state index in [0.29, 0.717) is 43.6 Å². The number of nitrogens with zero attached hydrogens (tertiary/aromatic N) is 2. The molecular formula is C15H18N4O2. The van der Waals surface area contributed by atoms with Crippen LogP contribution in [-0.2, 0) is 4.74 Å². The Morgan fingerprint density at radius 1 is 1.29 bits per heavy atom. The Kier molecular flexibility index (Phi) is 3.72. The molecule has 1 saturated heterocycles. The Bertz CT molecular complexity index is 612. The zero-order valence-electron chi connectivity index (χ0n) is 11.6. The van der Waals surface area contributed by atoms with E-state index < -0.39 is 5.60 Å². The summed E-state index contributed by atoms with van der Waals surface area (Å²) in [5.74, 6) is 1.55. The summed E-state index contributed by atoms with van der Waals surface area (Å²) in [7, 11) is 0. The van der Waals surface area contributed by atoms with Gasteiger partial charge in [-0.2, -0.15) is 0 Å². The number of anilines is 2. The van der Waals surface area contributed by atoms with Crippen molar-refractivity contribution < 1.29 is 9.84 Å². The molecule has 2 heterocycles. The molecule has 1 aromatic heterocycles. The van der Waals surface area contributed by atoms with Crippen molar-refractivity contribution in [2.45, 2.75) is 12.0 Å². The van der Waals surface area contributed by atoms with Crippen molar-refractivity contribution in [3.05, 3.63) is 36.4 Å². The summed E-state index contributed by atoms with van der Waals surface area (Å²) in [5, 5.41) is 13.4. The number of nitrogens with one attached hydrogen (secondary N) is 1. The van der Waals surface area contributed by atoms with Crippen LogP contribution in [0.25, 0.3) is 11.4 Å². The van der Waals surface area contributed by atoms with Crippen LogP contribution in [-0.4, -0.2) is 40.4 Å². The van der Waals surface area contributed by atoms with Gasteiger partial charge >= 0.3 is 0 Å². The molecule has 1 aliphatic heterocycles. The first-order valence-electron chi connectivity index (χ1n) is 6.89. The minimum atomic E-state index is -0.841. The first-order chi connectivity index (χ1) is 10.1. The molecular weight excluding hydrogens is 268 g/mol. The van der Waals surface area contributed by atoms with E-state index in [-0.39, 0.29) is 0 Å². The van der Waals surface area contributed by atoms with Crippen molar-refractivity contribution in [2.75, 3.05) is 30.8 Å². The highest BCUT2D eigenvalue weighted by Crippen LogP contribution is 2.21. The van der Waals surface area contributed by atoms with Crippen LogP contribution >= 0.6 is 0 Å². The van der Waals surface area contributed by atoms with Gasteiger partial charge in [0.05, 0.1) is 6.61 Å². The molecule has 1 fully saturated rings. The van der Waals surface area contributed by atoms with Gasteiger partial charge in [0.2, 0.25) is 0 Å². The normalized spacial score (nSPS) is 21.4. The average Bonchev–Trinajstić information content (AvgIpc) is 2.93. The maximum Gasteiger partial charge on any atom is 0.163 e. The van der Waals surface area contributed by atoms with Crippen molar-refractivity contribution >= 4 is 11.6 Å². The van der Waals surface area contributed by atoms with Crippen LogP contribution < -0.4 is 11.1 Å². The van der Waals surface area contributed by atoms with Gasteiger partial charge in [0.15, 0.2) is 5.82 Å². The molecule has 0 amide bonds. The van der Waals surface area contributed by atoms with Crippen molar-refractivity contribution in [3.8, 4) is 11.4 Å². The monoisotopic (exact) mass is 286 g/mol. The van der Waals surface area contributed by atoms with Gasteiger partial charge in [0.1, 0.15) is 17.2 Å². The Hall–Kier alpha value is -2.18. The number of rotatable bonds is 4. The molecule has 6 heteroatoms.